The van der Waals surface area contributed by atoms with Gasteiger partial charge >= 0.3 is 0 Å². The summed E-state index contributed by atoms with van der Waals surface area (Å²) in [5.41, 5.74) is 0.873. The highest BCUT2D eigenvalue weighted by Gasteiger charge is 2.45. The van der Waals surface area contributed by atoms with Gasteiger partial charge < -0.3 is 10.1 Å². The third-order valence-electron chi connectivity index (χ3n) is 4.53. The normalized spacial score (nSPS) is 26.7. The molecule has 1 saturated carbocycles. The molecule has 22 heavy (non-hydrogen) atoms. The van der Waals surface area contributed by atoms with Crippen LogP contribution in [0.2, 0.25) is 5.28 Å². The number of nitrogens with one attached hydrogen (secondary N) is 1. The van der Waals surface area contributed by atoms with Gasteiger partial charge in [-0.15, -0.1) is 0 Å². The van der Waals surface area contributed by atoms with Crippen molar-refractivity contribution in [3.05, 3.63) is 11.0 Å². The van der Waals surface area contributed by atoms with E-state index in [-0.39, 0.29) is 10.8 Å². The van der Waals surface area contributed by atoms with Crippen molar-refractivity contribution in [2.75, 3.05) is 43.9 Å². The second-order valence-electron chi connectivity index (χ2n) is 6.21. The first-order valence-corrected chi connectivity index (χ1v) is 9.38. The van der Waals surface area contributed by atoms with Crippen LogP contribution in [0.15, 0.2) is 4.90 Å². The fourth-order valence-electron chi connectivity index (χ4n) is 3.16. The fraction of sp³-hybridized carbons (Fsp3) is 0.714. The minimum absolute atomic E-state index is 0.0373. The highest BCUT2D eigenvalue weighted by molar-refractivity contribution is 7.85. The summed E-state index contributed by atoms with van der Waals surface area (Å²) in [7, 11) is -1.01. The van der Waals surface area contributed by atoms with Gasteiger partial charge in [-0.05, 0) is 24.4 Å². The molecule has 2 fully saturated rings. The van der Waals surface area contributed by atoms with Crippen LogP contribution in [0.25, 0.3) is 0 Å². The van der Waals surface area contributed by atoms with Crippen LogP contribution in [0.3, 0.4) is 0 Å². The number of anilines is 1. The number of rotatable bonds is 4. The van der Waals surface area contributed by atoms with E-state index < -0.39 is 10.8 Å². The molecule has 0 aromatic carbocycles. The SMILES string of the molecule is O=[S@]1CCc2nc(Cl)nc(NC3(CN4CCOCC4)CC3)c21. The molecule has 4 rings (SSSR count). The molecule has 1 atom stereocenters. The number of hydrogen-bond donors (Lipinski definition) is 1. The molecule has 1 N–H and O–H groups in total. The van der Waals surface area contributed by atoms with Crippen LogP contribution >= 0.6 is 11.6 Å². The number of hydrogen-bond acceptors (Lipinski definition) is 6. The molecule has 1 aliphatic carbocycles. The Bertz CT molecular complexity index is 617. The summed E-state index contributed by atoms with van der Waals surface area (Å²) >= 11 is 6.03. The quantitative estimate of drug-likeness (QED) is 0.826. The van der Waals surface area contributed by atoms with Crippen molar-refractivity contribution in [3.63, 3.8) is 0 Å². The summed E-state index contributed by atoms with van der Waals surface area (Å²) < 4.78 is 17.6. The van der Waals surface area contributed by atoms with Crippen molar-refractivity contribution in [3.8, 4) is 0 Å². The monoisotopic (exact) mass is 342 g/mol. The molecule has 0 bridgehead atoms. The average molecular weight is 343 g/mol. The summed E-state index contributed by atoms with van der Waals surface area (Å²) in [5, 5.41) is 3.78. The lowest BCUT2D eigenvalue weighted by molar-refractivity contribution is 0.0350. The number of nitrogens with zero attached hydrogens (tertiary/aromatic N) is 3. The molecule has 1 aromatic rings. The lowest BCUT2D eigenvalue weighted by Crippen LogP contribution is -2.44. The van der Waals surface area contributed by atoms with Crippen molar-refractivity contribution in [2.24, 2.45) is 0 Å². The molecule has 3 aliphatic rings. The molecule has 8 heteroatoms. The van der Waals surface area contributed by atoms with Crippen LogP contribution in [-0.2, 0) is 22.0 Å². The molecule has 1 aromatic heterocycles. The van der Waals surface area contributed by atoms with Gasteiger partial charge in [-0.2, -0.15) is 4.98 Å². The third-order valence-corrected chi connectivity index (χ3v) is 6.16. The molecule has 120 valence electrons. The Labute approximate surface area is 137 Å². The number of fused-ring (bicyclic) bond motifs is 1. The number of halogens is 1. The van der Waals surface area contributed by atoms with Gasteiger partial charge in [0.25, 0.3) is 0 Å². The molecule has 0 unspecified atom stereocenters. The van der Waals surface area contributed by atoms with Crippen LogP contribution in [-0.4, -0.2) is 63.2 Å². The zero-order valence-electron chi connectivity index (χ0n) is 12.3. The van der Waals surface area contributed by atoms with E-state index in [1.165, 1.54) is 0 Å². The van der Waals surface area contributed by atoms with E-state index >= 15 is 0 Å². The maximum atomic E-state index is 12.2. The number of ether oxygens (including phenoxy) is 1. The van der Waals surface area contributed by atoms with Crippen molar-refractivity contribution < 1.29 is 8.95 Å². The van der Waals surface area contributed by atoms with Gasteiger partial charge in [-0.25, -0.2) is 4.98 Å². The van der Waals surface area contributed by atoms with E-state index in [2.05, 4.69) is 20.2 Å². The first-order valence-electron chi connectivity index (χ1n) is 7.68. The standard InChI is InChI=1S/C14H19ClN4O2S/c15-13-16-10-1-8-22(20)11(10)12(17-13)18-14(2-3-14)9-19-4-6-21-7-5-19/h1-9H2,(H,16,17,18)/t22-/m0/s1. The van der Waals surface area contributed by atoms with Crippen LogP contribution in [0.1, 0.15) is 18.5 Å². The highest BCUT2D eigenvalue weighted by atomic mass is 35.5. The van der Waals surface area contributed by atoms with E-state index in [1.54, 1.807) is 0 Å². The smallest absolute Gasteiger partial charge is 0.224 e. The Morgan fingerprint density at radius 3 is 2.82 bits per heavy atom. The number of aryl methyl sites for hydroxylation is 1. The fourth-order valence-corrected chi connectivity index (χ4v) is 4.66. The van der Waals surface area contributed by atoms with Gasteiger partial charge in [0.1, 0.15) is 10.7 Å². The predicted octanol–water partition coefficient (Wildman–Crippen LogP) is 1.07. The lowest BCUT2D eigenvalue weighted by atomic mass is 10.2. The summed E-state index contributed by atoms with van der Waals surface area (Å²) in [6.45, 7) is 4.51. The van der Waals surface area contributed by atoms with E-state index in [0.717, 1.165) is 62.7 Å². The molecular formula is C14H19ClN4O2S. The molecule has 0 spiro atoms. The van der Waals surface area contributed by atoms with Gasteiger partial charge in [-0.1, -0.05) is 0 Å². The highest BCUT2D eigenvalue weighted by Crippen LogP contribution is 2.41. The summed E-state index contributed by atoms with van der Waals surface area (Å²) in [6, 6.07) is 0. The summed E-state index contributed by atoms with van der Waals surface area (Å²) in [6.07, 6.45) is 2.93. The van der Waals surface area contributed by atoms with Gasteiger partial charge in [-0.3, -0.25) is 9.11 Å². The van der Waals surface area contributed by atoms with E-state index in [0.29, 0.717) is 11.6 Å². The molecule has 0 radical (unpaired) electrons. The van der Waals surface area contributed by atoms with Crippen molar-refractivity contribution in [1.29, 1.82) is 0 Å². The predicted molar refractivity (Wildman–Crippen MR) is 84.9 cm³/mol. The zero-order valence-corrected chi connectivity index (χ0v) is 13.9. The maximum Gasteiger partial charge on any atom is 0.224 e. The summed E-state index contributed by atoms with van der Waals surface area (Å²) in [4.78, 5) is 11.7. The molecule has 0 amide bonds. The number of morpholine rings is 1. The van der Waals surface area contributed by atoms with Crippen molar-refractivity contribution in [2.45, 2.75) is 29.7 Å². The Morgan fingerprint density at radius 1 is 1.32 bits per heavy atom. The van der Waals surface area contributed by atoms with Crippen LogP contribution < -0.4 is 5.32 Å². The van der Waals surface area contributed by atoms with Crippen molar-refractivity contribution in [1.82, 2.24) is 14.9 Å². The molecule has 6 nitrogen and oxygen atoms in total. The van der Waals surface area contributed by atoms with E-state index in [4.69, 9.17) is 16.3 Å². The number of aromatic nitrogens is 2. The van der Waals surface area contributed by atoms with Crippen LogP contribution in [0.4, 0.5) is 5.82 Å². The Balaban J connectivity index is 1.55. The molecular weight excluding hydrogens is 324 g/mol. The zero-order chi connectivity index (χ0) is 15.2. The van der Waals surface area contributed by atoms with Crippen LogP contribution in [0, 0.1) is 0 Å². The molecule has 1 saturated heterocycles. The van der Waals surface area contributed by atoms with Gasteiger partial charge in [0.05, 0.1) is 35.2 Å². The average Bonchev–Trinajstić information content (AvgIpc) is 3.14. The minimum atomic E-state index is -1.01. The van der Waals surface area contributed by atoms with E-state index in [1.807, 2.05) is 0 Å². The van der Waals surface area contributed by atoms with Crippen LogP contribution in [0.5, 0.6) is 0 Å². The van der Waals surface area contributed by atoms with Gasteiger partial charge in [0.2, 0.25) is 5.28 Å². The topological polar surface area (TPSA) is 67.4 Å². The van der Waals surface area contributed by atoms with Gasteiger partial charge in [0, 0.05) is 31.8 Å². The third kappa shape index (κ3) is 2.87. The maximum absolute atomic E-state index is 12.2. The van der Waals surface area contributed by atoms with Crippen molar-refractivity contribution >= 4 is 28.2 Å². The first-order chi connectivity index (χ1) is 10.7. The van der Waals surface area contributed by atoms with Gasteiger partial charge in [0.15, 0.2) is 0 Å². The summed E-state index contributed by atoms with van der Waals surface area (Å²) in [5.74, 6) is 1.30. The lowest BCUT2D eigenvalue weighted by Gasteiger charge is -2.31. The molecule has 2 aliphatic heterocycles. The largest absolute Gasteiger partial charge is 0.379 e. The Morgan fingerprint density at radius 2 is 2.09 bits per heavy atom. The Kier molecular flexibility index (Phi) is 3.84. The van der Waals surface area contributed by atoms with E-state index in [9.17, 15) is 4.21 Å². The molecule has 3 heterocycles. The second-order valence-corrected chi connectivity index (χ2v) is 8.06. The Hall–Kier alpha value is -0.760. The second kappa shape index (κ2) is 5.70. The first kappa shape index (κ1) is 14.8. The minimum Gasteiger partial charge on any atom is -0.379 e.